The Balaban J connectivity index is 2.24. The number of hydrogen-bond acceptors (Lipinski definition) is 4. The van der Waals surface area contributed by atoms with E-state index in [1.807, 2.05) is 57.1 Å². The molecule has 0 unspecified atom stereocenters. The summed E-state index contributed by atoms with van der Waals surface area (Å²) in [7, 11) is 5.69. The molecule has 118 valence electrons. The third kappa shape index (κ3) is 3.63. The van der Waals surface area contributed by atoms with Crippen molar-refractivity contribution in [1.29, 1.82) is 0 Å². The molecular formula is C16H23N5O. The number of rotatable bonds is 5. The lowest BCUT2D eigenvalue weighted by atomic mass is 10.1. The summed E-state index contributed by atoms with van der Waals surface area (Å²) in [5, 5.41) is 4.16. The van der Waals surface area contributed by atoms with E-state index >= 15 is 0 Å². The van der Waals surface area contributed by atoms with E-state index in [9.17, 15) is 4.79 Å². The summed E-state index contributed by atoms with van der Waals surface area (Å²) in [6, 6.07) is 3.68. The molecule has 0 aliphatic heterocycles. The second-order valence-electron chi connectivity index (χ2n) is 5.85. The SMILES string of the molecule is CC(C)N(Cc1cnn(C)c1)C(=O)c1ccnc(N(C)C)c1. The van der Waals surface area contributed by atoms with E-state index < -0.39 is 0 Å². The van der Waals surface area contributed by atoms with Gasteiger partial charge in [0.05, 0.1) is 6.20 Å². The highest BCUT2D eigenvalue weighted by molar-refractivity contribution is 5.95. The van der Waals surface area contributed by atoms with Gasteiger partial charge in [0.25, 0.3) is 5.91 Å². The van der Waals surface area contributed by atoms with Gasteiger partial charge < -0.3 is 9.80 Å². The molecule has 0 aliphatic carbocycles. The maximum atomic E-state index is 12.8. The highest BCUT2D eigenvalue weighted by Gasteiger charge is 2.20. The maximum absolute atomic E-state index is 12.8. The molecule has 0 saturated heterocycles. The predicted octanol–water partition coefficient (Wildman–Crippen LogP) is 1.93. The number of carbonyl (C=O) groups excluding carboxylic acids is 1. The summed E-state index contributed by atoms with van der Waals surface area (Å²) in [6.07, 6.45) is 5.39. The zero-order valence-corrected chi connectivity index (χ0v) is 13.8. The third-order valence-corrected chi connectivity index (χ3v) is 3.45. The van der Waals surface area contributed by atoms with Crippen LogP contribution in [0.3, 0.4) is 0 Å². The van der Waals surface area contributed by atoms with Crippen molar-refractivity contribution in [3.8, 4) is 0 Å². The van der Waals surface area contributed by atoms with E-state index in [1.54, 1.807) is 23.1 Å². The van der Waals surface area contributed by atoms with Gasteiger partial charge in [0.2, 0.25) is 0 Å². The van der Waals surface area contributed by atoms with Crippen LogP contribution < -0.4 is 4.90 Å². The van der Waals surface area contributed by atoms with Gasteiger partial charge >= 0.3 is 0 Å². The highest BCUT2D eigenvalue weighted by atomic mass is 16.2. The van der Waals surface area contributed by atoms with Gasteiger partial charge in [-0.05, 0) is 26.0 Å². The van der Waals surface area contributed by atoms with Gasteiger partial charge in [-0.15, -0.1) is 0 Å². The van der Waals surface area contributed by atoms with Crippen LogP contribution in [0.15, 0.2) is 30.7 Å². The monoisotopic (exact) mass is 301 g/mol. The lowest BCUT2D eigenvalue weighted by molar-refractivity contribution is 0.0690. The van der Waals surface area contributed by atoms with Gasteiger partial charge in [-0.3, -0.25) is 9.48 Å². The number of anilines is 1. The molecule has 0 bridgehead atoms. The van der Waals surface area contributed by atoms with Crippen molar-refractivity contribution in [1.82, 2.24) is 19.7 Å². The average molecular weight is 301 g/mol. The molecule has 6 nitrogen and oxygen atoms in total. The summed E-state index contributed by atoms with van der Waals surface area (Å²) in [4.78, 5) is 20.8. The fourth-order valence-corrected chi connectivity index (χ4v) is 2.20. The third-order valence-electron chi connectivity index (χ3n) is 3.45. The quantitative estimate of drug-likeness (QED) is 0.847. The smallest absolute Gasteiger partial charge is 0.254 e. The van der Waals surface area contributed by atoms with Gasteiger partial charge in [-0.25, -0.2) is 4.98 Å². The largest absolute Gasteiger partial charge is 0.363 e. The van der Waals surface area contributed by atoms with Crippen LogP contribution in [0.25, 0.3) is 0 Å². The Kier molecular flexibility index (Phi) is 4.80. The van der Waals surface area contributed by atoms with Gasteiger partial charge in [0.15, 0.2) is 0 Å². The highest BCUT2D eigenvalue weighted by Crippen LogP contribution is 2.16. The van der Waals surface area contributed by atoms with Crippen LogP contribution in [-0.4, -0.2) is 45.7 Å². The fraction of sp³-hybridized carbons (Fsp3) is 0.438. The topological polar surface area (TPSA) is 54.3 Å². The van der Waals surface area contributed by atoms with Crippen molar-refractivity contribution < 1.29 is 4.79 Å². The van der Waals surface area contributed by atoms with Crippen molar-refractivity contribution in [2.75, 3.05) is 19.0 Å². The maximum Gasteiger partial charge on any atom is 0.254 e. The van der Waals surface area contributed by atoms with E-state index in [0.717, 1.165) is 11.4 Å². The minimum atomic E-state index is 0.00403. The summed E-state index contributed by atoms with van der Waals surface area (Å²) in [5.41, 5.74) is 1.67. The molecule has 0 radical (unpaired) electrons. The first-order chi connectivity index (χ1) is 10.4. The second kappa shape index (κ2) is 6.60. The summed E-state index contributed by atoms with van der Waals surface area (Å²) >= 11 is 0. The lowest BCUT2D eigenvalue weighted by Crippen LogP contribution is -2.36. The van der Waals surface area contributed by atoms with Crippen molar-refractivity contribution >= 4 is 11.7 Å². The molecule has 0 aliphatic rings. The Morgan fingerprint density at radius 3 is 2.64 bits per heavy atom. The molecule has 2 aromatic rings. The number of nitrogens with zero attached hydrogens (tertiary/aromatic N) is 5. The molecule has 2 rings (SSSR count). The zero-order chi connectivity index (χ0) is 16.3. The molecule has 0 atom stereocenters. The molecule has 0 aromatic carbocycles. The first kappa shape index (κ1) is 16.0. The standard InChI is InChI=1S/C16H23N5O/c1-12(2)21(11-13-9-18-20(5)10-13)16(22)14-6-7-17-15(8-14)19(3)4/h6-10,12H,11H2,1-5H3. The van der Waals surface area contributed by atoms with Crippen LogP contribution in [0.5, 0.6) is 0 Å². The number of carbonyl (C=O) groups is 1. The Bertz CT molecular complexity index is 647. The molecule has 1 amide bonds. The van der Waals surface area contributed by atoms with Crippen molar-refractivity contribution in [3.05, 3.63) is 41.9 Å². The van der Waals surface area contributed by atoms with Gasteiger partial charge in [-0.1, -0.05) is 0 Å². The van der Waals surface area contributed by atoms with Crippen LogP contribution >= 0.6 is 0 Å². The zero-order valence-electron chi connectivity index (χ0n) is 13.8. The van der Waals surface area contributed by atoms with E-state index in [1.165, 1.54) is 0 Å². The Hall–Kier alpha value is -2.37. The van der Waals surface area contributed by atoms with E-state index in [2.05, 4.69) is 10.1 Å². The van der Waals surface area contributed by atoms with Gasteiger partial charge in [0.1, 0.15) is 5.82 Å². The first-order valence-corrected chi connectivity index (χ1v) is 7.30. The summed E-state index contributed by atoms with van der Waals surface area (Å²) in [5.74, 6) is 0.778. The molecular weight excluding hydrogens is 278 g/mol. The minimum absolute atomic E-state index is 0.00403. The number of pyridine rings is 1. The summed E-state index contributed by atoms with van der Waals surface area (Å²) in [6.45, 7) is 4.58. The Labute approximate surface area is 131 Å². The van der Waals surface area contributed by atoms with E-state index in [0.29, 0.717) is 12.1 Å². The molecule has 0 spiro atoms. The first-order valence-electron chi connectivity index (χ1n) is 7.30. The molecule has 0 N–H and O–H groups in total. The van der Waals surface area contributed by atoms with E-state index in [-0.39, 0.29) is 11.9 Å². The summed E-state index contributed by atoms with van der Waals surface area (Å²) < 4.78 is 1.74. The van der Waals surface area contributed by atoms with Crippen LogP contribution in [0.4, 0.5) is 5.82 Å². The molecule has 2 heterocycles. The lowest BCUT2D eigenvalue weighted by Gasteiger charge is -2.26. The molecule has 6 heteroatoms. The van der Waals surface area contributed by atoms with Crippen LogP contribution in [0.2, 0.25) is 0 Å². The number of amides is 1. The number of hydrogen-bond donors (Lipinski definition) is 0. The van der Waals surface area contributed by atoms with Gasteiger partial charge in [-0.2, -0.15) is 5.10 Å². The Morgan fingerprint density at radius 1 is 1.36 bits per heavy atom. The van der Waals surface area contributed by atoms with Crippen molar-refractivity contribution in [2.24, 2.45) is 7.05 Å². The molecule has 0 fully saturated rings. The normalized spacial score (nSPS) is 10.8. The number of aryl methyl sites for hydroxylation is 1. The average Bonchev–Trinajstić information content (AvgIpc) is 2.89. The Morgan fingerprint density at radius 2 is 2.09 bits per heavy atom. The van der Waals surface area contributed by atoms with E-state index in [4.69, 9.17) is 0 Å². The molecule has 0 saturated carbocycles. The predicted molar refractivity (Wildman–Crippen MR) is 86.8 cm³/mol. The van der Waals surface area contributed by atoms with Crippen molar-refractivity contribution in [3.63, 3.8) is 0 Å². The van der Waals surface area contributed by atoms with Crippen molar-refractivity contribution in [2.45, 2.75) is 26.4 Å². The fourth-order valence-electron chi connectivity index (χ4n) is 2.20. The molecule has 2 aromatic heterocycles. The van der Waals surface area contributed by atoms with Crippen LogP contribution in [0.1, 0.15) is 29.8 Å². The minimum Gasteiger partial charge on any atom is -0.363 e. The molecule has 22 heavy (non-hydrogen) atoms. The van der Waals surface area contributed by atoms with Crippen LogP contribution in [0, 0.1) is 0 Å². The second-order valence-corrected chi connectivity index (χ2v) is 5.85. The number of aromatic nitrogens is 3. The van der Waals surface area contributed by atoms with Gasteiger partial charge in [0, 0.05) is 57.3 Å². The van der Waals surface area contributed by atoms with Crippen LogP contribution in [-0.2, 0) is 13.6 Å².